The van der Waals surface area contributed by atoms with E-state index in [1.807, 2.05) is 0 Å². The van der Waals surface area contributed by atoms with Crippen LogP contribution in [0.5, 0.6) is 0 Å². The number of hydrogen-bond donors (Lipinski definition) is 1. The Balaban J connectivity index is 2.27. The zero-order chi connectivity index (χ0) is 15.3. The van der Waals surface area contributed by atoms with Crippen LogP contribution < -0.4 is 5.56 Å². The second-order valence-electron chi connectivity index (χ2n) is 5.58. The Kier molecular flexibility index (Phi) is 3.49. The number of nitrogens with one attached hydrogen (secondary N) is 1. The van der Waals surface area contributed by atoms with Crippen molar-refractivity contribution in [2.45, 2.75) is 32.2 Å². The lowest BCUT2D eigenvalue weighted by Gasteiger charge is -2.19. The Morgan fingerprint density at radius 2 is 2.14 bits per heavy atom. The van der Waals surface area contributed by atoms with Gasteiger partial charge in [-0.2, -0.15) is 0 Å². The maximum absolute atomic E-state index is 12.9. The Morgan fingerprint density at radius 1 is 1.43 bits per heavy atom. The summed E-state index contributed by atoms with van der Waals surface area (Å²) in [6.07, 6.45) is 3.06. The Labute approximate surface area is 131 Å². The highest BCUT2D eigenvalue weighted by Crippen LogP contribution is 2.34. The molecule has 5 nitrogen and oxygen atoms in total. The number of carbonyl (C=O) groups excluding carboxylic acids is 1. The van der Waals surface area contributed by atoms with E-state index in [0.717, 1.165) is 35.0 Å². The Bertz CT molecular complexity index is 844. The molecule has 21 heavy (non-hydrogen) atoms. The van der Waals surface area contributed by atoms with E-state index in [2.05, 4.69) is 4.98 Å². The van der Waals surface area contributed by atoms with Crippen molar-refractivity contribution in [2.75, 3.05) is 14.1 Å². The molecule has 0 spiro atoms. The van der Waals surface area contributed by atoms with Crippen LogP contribution in [0.15, 0.2) is 4.79 Å². The molecule has 1 atom stereocenters. The first-order valence-corrected chi connectivity index (χ1v) is 8.14. The normalized spacial score (nSPS) is 15.2. The third-order valence-corrected chi connectivity index (χ3v) is 5.48. The number of nitrogens with zero attached hydrogens (tertiary/aromatic N) is 2. The summed E-state index contributed by atoms with van der Waals surface area (Å²) in [4.78, 5) is 31.7. The predicted molar refractivity (Wildman–Crippen MR) is 86.7 cm³/mol. The number of rotatable bonds is 2. The van der Waals surface area contributed by atoms with Gasteiger partial charge in [-0.3, -0.25) is 14.2 Å². The average molecular weight is 323 g/mol. The van der Waals surface area contributed by atoms with Gasteiger partial charge in [0.05, 0.1) is 5.39 Å². The monoisotopic (exact) mass is 323 g/mol. The van der Waals surface area contributed by atoms with Gasteiger partial charge in [-0.25, -0.2) is 0 Å². The van der Waals surface area contributed by atoms with E-state index in [9.17, 15) is 9.59 Å². The van der Waals surface area contributed by atoms with E-state index in [-0.39, 0.29) is 11.5 Å². The molecule has 2 aromatic heterocycles. The summed E-state index contributed by atoms with van der Waals surface area (Å²) < 4.78 is 1.72. The molecule has 2 heterocycles. The molecule has 0 bridgehead atoms. The Hall–Kier alpha value is -1.47. The van der Waals surface area contributed by atoms with E-state index in [1.165, 1.54) is 14.3 Å². The fourth-order valence-electron chi connectivity index (χ4n) is 2.92. The van der Waals surface area contributed by atoms with Gasteiger partial charge in [0.25, 0.3) is 5.56 Å². The van der Waals surface area contributed by atoms with Crippen molar-refractivity contribution in [1.29, 1.82) is 0 Å². The first-order valence-electron chi connectivity index (χ1n) is 6.92. The molecule has 1 aliphatic rings. The van der Waals surface area contributed by atoms with Crippen LogP contribution in [-0.2, 0) is 17.6 Å². The summed E-state index contributed by atoms with van der Waals surface area (Å²) in [5.74, 6) is -0.136. The average Bonchev–Trinajstić information content (AvgIpc) is 2.96. The molecule has 0 aromatic carbocycles. The van der Waals surface area contributed by atoms with Crippen LogP contribution in [0.4, 0.5) is 0 Å². The third kappa shape index (κ3) is 2.15. The van der Waals surface area contributed by atoms with Gasteiger partial charge in [0.15, 0.2) is 4.77 Å². The smallest absolute Gasteiger partial charge is 0.264 e. The van der Waals surface area contributed by atoms with Crippen molar-refractivity contribution < 1.29 is 4.79 Å². The molecule has 1 unspecified atom stereocenters. The molecule has 0 aliphatic heterocycles. The molecular formula is C14H17N3O2S2. The van der Waals surface area contributed by atoms with Gasteiger partial charge >= 0.3 is 0 Å². The minimum absolute atomic E-state index is 0.136. The van der Waals surface area contributed by atoms with Crippen LogP contribution in [-0.4, -0.2) is 34.5 Å². The lowest BCUT2D eigenvalue weighted by Crippen LogP contribution is -2.36. The molecule has 3 rings (SSSR count). The first-order chi connectivity index (χ1) is 9.91. The number of likely N-dealkylation sites (N-methyl/N-ethyl adjacent to an activating group) is 1. The molecule has 0 radical (unpaired) electrons. The number of fused-ring (bicyclic) bond motifs is 3. The van der Waals surface area contributed by atoms with Crippen LogP contribution in [0.2, 0.25) is 0 Å². The van der Waals surface area contributed by atoms with Gasteiger partial charge in [-0.15, -0.1) is 11.3 Å². The second-order valence-corrected chi connectivity index (χ2v) is 7.07. The van der Waals surface area contributed by atoms with Crippen molar-refractivity contribution >= 4 is 39.7 Å². The predicted octanol–water partition coefficient (Wildman–Crippen LogP) is 2.26. The number of aryl methyl sites for hydroxylation is 2. The standard InChI is InChI=1S/C14H17N3O2S2/c1-7(12(18)16(2)3)17-13(19)10-8-5-4-6-9(8)21-11(10)15-14(17)20/h7H,4-6H2,1-3H3,(H,15,20). The number of aromatic amines is 1. The molecule has 1 aliphatic carbocycles. The zero-order valence-electron chi connectivity index (χ0n) is 12.2. The highest BCUT2D eigenvalue weighted by Gasteiger charge is 2.25. The highest BCUT2D eigenvalue weighted by atomic mass is 32.1. The van der Waals surface area contributed by atoms with Crippen molar-refractivity contribution in [3.05, 3.63) is 25.6 Å². The fraction of sp³-hybridized carbons (Fsp3) is 0.500. The summed E-state index contributed by atoms with van der Waals surface area (Å²) in [5, 5.41) is 0.722. The molecule has 1 amide bonds. The number of thiophene rings is 1. The molecular weight excluding hydrogens is 306 g/mol. The van der Waals surface area contributed by atoms with Crippen molar-refractivity contribution in [1.82, 2.24) is 14.5 Å². The molecule has 112 valence electrons. The van der Waals surface area contributed by atoms with Gasteiger partial charge < -0.3 is 9.88 Å². The van der Waals surface area contributed by atoms with E-state index in [1.54, 1.807) is 32.4 Å². The van der Waals surface area contributed by atoms with Crippen LogP contribution in [0.25, 0.3) is 10.2 Å². The number of H-pyrrole nitrogens is 1. The molecule has 0 saturated carbocycles. The van der Waals surface area contributed by atoms with E-state index in [4.69, 9.17) is 12.2 Å². The van der Waals surface area contributed by atoms with Crippen LogP contribution in [0.3, 0.4) is 0 Å². The minimum atomic E-state index is -0.599. The van der Waals surface area contributed by atoms with Gasteiger partial charge in [0, 0.05) is 19.0 Å². The molecule has 7 heteroatoms. The van der Waals surface area contributed by atoms with Crippen LogP contribution >= 0.6 is 23.6 Å². The lowest BCUT2D eigenvalue weighted by molar-refractivity contribution is -0.131. The van der Waals surface area contributed by atoms with Crippen molar-refractivity contribution in [3.8, 4) is 0 Å². The van der Waals surface area contributed by atoms with Crippen molar-refractivity contribution in [3.63, 3.8) is 0 Å². The van der Waals surface area contributed by atoms with Gasteiger partial charge in [0.2, 0.25) is 5.91 Å². The minimum Gasteiger partial charge on any atom is -0.347 e. The van der Waals surface area contributed by atoms with E-state index in [0.29, 0.717) is 4.77 Å². The maximum atomic E-state index is 12.9. The fourth-order valence-corrected chi connectivity index (χ4v) is 4.61. The van der Waals surface area contributed by atoms with Crippen LogP contribution in [0.1, 0.15) is 29.8 Å². The molecule has 0 fully saturated rings. The molecule has 1 N–H and O–H groups in total. The third-order valence-electron chi connectivity index (χ3n) is 3.98. The largest absolute Gasteiger partial charge is 0.347 e. The zero-order valence-corrected chi connectivity index (χ0v) is 13.9. The summed E-state index contributed by atoms with van der Waals surface area (Å²) in [7, 11) is 3.36. The Morgan fingerprint density at radius 3 is 2.81 bits per heavy atom. The number of amides is 1. The number of carbonyl (C=O) groups is 1. The summed E-state index contributed by atoms with van der Waals surface area (Å²) >= 11 is 6.92. The van der Waals surface area contributed by atoms with E-state index >= 15 is 0 Å². The summed E-state index contributed by atoms with van der Waals surface area (Å²) in [6.45, 7) is 1.71. The second kappa shape index (κ2) is 5.06. The highest BCUT2D eigenvalue weighted by molar-refractivity contribution is 7.71. The molecule has 0 saturated heterocycles. The first kappa shape index (κ1) is 14.5. The molecule has 2 aromatic rings. The quantitative estimate of drug-likeness (QED) is 0.863. The van der Waals surface area contributed by atoms with Crippen LogP contribution in [0, 0.1) is 4.77 Å². The van der Waals surface area contributed by atoms with Crippen molar-refractivity contribution in [2.24, 2.45) is 0 Å². The summed E-state index contributed by atoms with van der Waals surface area (Å²) in [5.41, 5.74) is 1.00. The summed E-state index contributed by atoms with van der Waals surface area (Å²) in [6, 6.07) is -0.599. The van der Waals surface area contributed by atoms with Gasteiger partial charge in [-0.05, 0) is 44.0 Å². The maximum Gasteiger partial charge on any atom is 0.264 e. The number of aromatic nitrogens is 2. The number of hydrogen-bond acceptors (Lipinski definition) is 4. The lowest BCUT2D eigenvalue weighted by atomic mass is 10.2. The topological polar surface area (TPSA) is 58.1 Å². The van der Waals surface area contributed by atoms with E-state index < -0.39 is 6.04 Å². The SMILES string of the molecule is CC(C(=O)N(C)C)n1c(=S)[nH]c2sc3c(c2c1=O)CCC3. The van der Waals surface area contributed by atoms with Gasteiger partial charge in [0.1, 0.15) is 10.9 Å². The van der Waals surface area contributed by atoms with Gasteiger partial charge in [-0.1, -0.05) is 0 Å².